The van der Waals surface area contributed by atoms with Crippen molar-refractivity contribution in [2.24, 2.45) is 0 Å². The van der Waals surface area contributed by atoms with Crippen LogP contribution in [0, 0.1) is 6.92 Å². The van der Waals surface area contributed by atoms with E-state index in [9.17, 15) is 9.59 Å². The van der Waals surface area contributed by atoms with Gasteiger partial charge in [0.15, 0.2) is 0 Å². The molecule has 1 saturated heterocycles. The topological polar surface area (TPSA) is 52.7 Å². The summed E-state index contributed by atoms with van der Waals surface area (Å²) in [6, 6.07) is 8.30. The first kappa shape index (κ1) is 19.6. The molecule has 2 atom stereocenters. The second-order valence-electron chi connectivity index (χ2n) is 6.90. The highest BCUT2D eigenvalue weighted by Gasteiger charge is 2.38. The lowest BCUT2D eigenvalue weighted by Crippen LogP contribution is -2.42. The Labute approximate surface area is 155 Å². The van der Waals surface area contributed by atoms with Crippen molar-refractivity contribution < 1.29 is 9.59 Å². The zero-order chi connectivity index (χ0) is 18.6. The van der Waals surface area contributed by atoms with Crippen LogP contribution in [0.25, 0.3) is 0 Å². The number of carbonyl (C=O) groups excluding carboxylic acids is 2. The van der Waals surface area contributed by atoms with Gasteiger partial charge in [-0.15, -0.1) is 11.8 Å². The van der Waals surface area contributed by atoms with Gasteiger partial charge in [-0.05, 0) is 45.2 Å². The molecule has 1 heterocycles. The van der Waals surface area contributed by atoms with Crippen LogP contribution in [-0.2, 0) is 4.79 Å². The van der Waals surface area contributed by atoms with Crippen LogP contribution in [0.15, 0.2) is 24.3 Å². The summed E-state index contributed by atoms with van der Waals surface area (Å²) in [6.07, 6.45) is 0.767. The predicted molar refractivity (Wildman–Crippen MR) is 104 cm³/mol. The van der Waals surface area contributed by atoms with Gasteiger partial charge in [-0.25, -0.2) is 4.79 Å². The van der Waals surface area contributed by atoms with Gasteiger partial charge < -0.3 is 15.1 Å². The summed E-state index contributed by atoms with van der Waals surface area (Å²) < 4.78 is 0. The van der Waals surface area contributed by atoms with Crippen molar-refractivity contribution in [3.05, 3.63) is 35.4 Å². The molecule has 1 aliphatic heterocycles. The van der Waals surface area contributed by atoms with Gasteiger partial charge in [-0.1, -0.05) is 24.3 Å². The largest absolute Gasteiger partial charge is 0.336 e. The first-order chi connectivity index (χ1) is 11.8. The van der Waals surface area contributed by atoms with Crippen molar-refractivity contribution in [2.45, 2.75) is 50.8 Å². The normalized spacial score (nSPS) is 20.2. The van der Waals surface area contributed by atoms with Crippen molar-refractivity contribution in [3.8, 4) is 0 Å². The summed E-state index contributed by atoms with van der Waals surface area (Å²) in [4.78, 5) is 28.2. The summed E-state index contributed by atoms with van der Waals surface area (Å²) >= 11 is 1.71. The molecule has 1 N–H and O–H groups in total. The van der Waals surface area contributed by atoms with E-state index in [1.165, 1.54) is 11.1 Å². The highest BCUT2D eigenvalue weighted by atomic mass is 32.2. The molecule has 138 valence electrons. The Balaban J connectivity index is 1.98. The number of rotatable bonds is 6. The van der Waals surface area contributed by atoms with Gasteiger partial charge >= 0.3 is 6.03 Å². The smallest absolute Gasteiger partial charge is 0.317 e. The lowest BCUT2D eigenvalue weighted by Gasteiger charge is -2.26. The highest BCUT2D eigenvalue weighted by Crippen LogP contribution is 2.43. The number of urea groups is 1. The fourth-order valence-corrected chi connectivity index (χ4v) is 4.35. The fraction of sp³-hybridized carbons (Fsp3) is 0.579. The van der Waals surface area contributed by atoms with Crippen LogP contribution in [0.4, 0.5) is 4.79 Å². The zero-order valence-electron chi connectivity index (χ0n) is 15.8. The minimum atomic E-state index is -0.0686. The maximum atomic E-state index is 12.6. The third-order valence-electron chi connectivity index (χ3n) is 4.35. The Bertz CT molecular complexity index is 620. The number of hydrogen-bond donors (Lipinski definition) is 1. The van der Waals surface area contributed by atoms with E-state index < -0.39 is 0 Å². The number of nitrogens with zero attached hydrogens (tertiary/aromatic N) is 2. The quantitative estimate of drug-likeness (QED) is 0.843. The second-order valence-corrected chi connectivity index (χ2v) is 8.32. The molecule has 1 aromatic carbocycles. The maximum absolute atomic E-state index is 12.6. The number of carbonyl (C=O) groups is 2. The molecular formula is C19H29N3O2S. The molecule has 0 aliphatic carbocycles. The Morgan fingerprint density at radius 1 is 1.36 bits per heavy atom. The third kappa shape index (κ3) is 4.91. The van der Waals surface area contributed by atoms with Crippen LogP contribution >= 0.6 is 11.8 Å². The van der Waals surface area contributed by atoms with Gasteiger partial charge in [0.2, 0.25) is 5.91 Å². The van der Waals surface area contributed by atoms with Gasteiger partial charge in [0.1, 0.15) is 5.37 Å². The van der Waals surface area contributed by atoms with E-state index in [0.717, 1.165) is 6.42 Å². The molecular weight excluding hydrogens is 334 g/mol. The minimum absolute atomic E-state index is 0.0217. The summed E-state index contributed by atoms with van der Waals surface area (Å²) in [5.41, 5.74) is 2.41. The lowest BCUT2D eigenvalue weighted by atomic mass is 10.1. The van der Waals surface area contributed by atoms with Gasteiger partial charge in [0, 0.05) is 26.2 Å². The van der Waals surface area contributed by atoms with Crippen molar-refractivity contribution >= 4 is 23.7 Å². The van der Waals surface area contributed by atoms with E-state index in [1.54, 1.807) is 23.7 Å². The van der Waals surface area contributed by atoms with Crippen molar-refractivity contribution in [2.75, 3.05) is 20.1 Å². The van der Waals surface area contributed by atoms with Gasteiger partial charge in [-0.2, -0.15) is 0 Å². The summed E-state index contributed by atoms with van der Waals surface area (Å²) in [5.74, 6) is 0.188. The molecule has 2 rings (SSSR count). The van der Waals surface area contributed by atoms with Crippen LogP contribution in [-0.4, -0.2) is 53.2 Å². The molecule has 1 aliphatic rings. The van der Waals surface area contributed by atoms with Crippen molar-refractivity contribution in [1.29, 1.82) is 0 Å². The van der Waals surface area contributed by atoms with Gasteiger partial charge in [0.05, 0.1) is 5.25 Å². The fourth-order valence-electron chi connectivity index (χ4n) is 2.94. The van der Waals surface area contributed by atoms with E-state index in [1.807, 2.05) is 37.8 Å². The van der Waals surface area contributed by atoms with Crippen LogP contribution in [0.1, 0.15) is 43.7 Å². The number of amides is 3. The van der Waals surface area contributed by atoms with Gasteiger partial charge in [-0.3, -0.25) is 4.79 Å². The standard InChI is InChI=1S/C19H29N3O2S/c1-13(2)20-19(24)21(5)11-8-12-22-17(23)15(4)25-18(22)16-10-7-6-9-14(16)3/h6-7,9-10,13,15,18H,8,11-12H2,1-5H3,(H,20,24)/t15-,18-/m1/s1. The highest BCUT2D eigenvalue weighted by molar-refractivity contribution is 8.01. The number of thioether (sulfide) groups is 1. The van der Waals surface area contributed by atoms with E-state index >= 15 is 0 Å². The molecule has 1 fully saturated rings. The Morgan fingerprint density at radius 2 is 2.04 bits per heavy atom. The van der Waals surface area contributed by atoms with E-state index in [0.29, 0.717) is 13.1 Å². The molecule has 0 unspecified atom stereocenters. The number of nitrogens with one attached hydrogen (secondary N) is 1. The number of aryl methyl sites for hydroxylation is 1. The van der Waals surface area contributed by atoms with Crippen molar-refractivity contribution in [1.82, 2.24) is 15.1 Å². The van der Waals surface area contributed by atoms with Crippen molar-refractivity contribution in [3.63, 3.8) is 0 Å². The SMILES string of the molecule is Cc1ccccc1[C@H]1S[C@H](C)C(=O)N1CCCN(C)C(=O)NC(C)C. The molecule has 3 amide bonds. The molecule has 0 aromatic heterocycles. The number of hydrogen-bond acceptors (Lipinski definition) is 3. The summed E-state index contributed by atoms with van der Waals surface area (Å²) in [7, 11) is 1.79. The Kier molecular flexibility index (Phi) is 6.76. The zero-order valence-corrected chi connectivity index (χ0v) is 16.6. The van der Waals surface area contributed by atoms with E-state index in [2.05, 4.69) is 24.4 Å². The molecule has 0 spiro atoms. The molecule has 0 saturated carbocycles. The number of benzene rings is 1. The van der Waals surface area contributed by atoms with Crippen LogP contribution < -0.4 is 5.32 Å². The first-order valence-corrected chi connectivity index (χ1v) is 9.78. The van der Waals surface area contributed by atoms with Gasteiger partial charge in [0.25, 0.3) is 0 Å². The maximum Gasteiger partial charge on any atom is 0.317 e. The monoisotopic (exact) mass is 363 g/mol. The first-order valence-electron chi connectivity index (χ1n) is 8.84. The lowest BCUT2D eigenvalue weighted by molar-refractivity contribution is -0.129. The third-order valence-corrected chi connectivity index (χ3v) is 5.73. The summed E-state index contributed by atoms with van der Waals surface area (Å²) in [5, 5.41) is 2.93. The molecule has 25 heavy (non-hydrogen) atoms. The van der Waals surface area contributed by atoms with Crippen LogP contribution in [0.2, 0.25) is 0 Å². The molecule has 6 heteroatoms. The van der Waals surface area contributed by atoms with Crippen LogP contribution in [0.3, 0.4) is 0 Å². The molecule has 1 aromatic rings. The summed E-state index contributed by atoms with van der Waals surface area (Å²) in [6.45, 7) is 9.24. The average molecular weight is 364 g/mol. The molecule has 0 bridgehead atoms. The second kappa shape index (κ2) is 8.61. The Morgan fingerprint density at radius 3 is 2.68 bits per heavy atom. The molecule has 5 nitrogen and oxygen atoms in total. The van der Waals surface area contributed by atoms with E-state index in [4.69, 9.17) is 0 Å². The van der Waals surface area contributed by atoms with E-state index in [-0.39, 0.29) is 28.6 Å². The van der Waals surface area contributed by atoms with Crippen LogP contribution in [0.5, 0.6) is 0 Å². The average Bonchev–Trinajstić information content (AvgIpc) is 2.82. The minimum Gasteiger partial charge on any atom is -0.336 e. The predicted octanol–water partition coefficient (Wildman–Crippen LogP) is 3.40. The Hall–Kier alpha value is -1.69. The molecule has 0 radical (unpaired) electrons.